The summed E-state index contributed by atoms with van der Waals surface area (Å²) in [5, 5.41) is 11.4. The minimum absolute atomic E-state index is 0.0307. The number of nitro groups is 1. The number of hydrogen-bond donors (Lipinski definition) is 0. The Morgan fingerprint density at radius 1 is 0.846 bits per heavy atom. The van der Waals surface area contributed by atoms with Crippen LogP contribution in [-0.4, -0.2) is 14.5 Å². The molecule has 0 aliphatic heterocycles. The molecule has 4 rings (SSSR count). The number of fused-ring (bicyclic) bond motifs is 1. The van der Waals surface area contributed by atoms with Crippen molar-refractivity contribution in [1.82, 2.24) is 9.55 Å². The second-order valence-corrected chi connectivity index (χ2v) is 5.73. The second-order valence-electron chi connectivity index (χ2n) is 5.73. The van der Waals surface area contributed by atoms with E-state index in [9.17, 15) is 14.9 Å². The van der Waals surface area contributed by atoms with E-state index in [1.807, 2.05) is 36.4 Å². The van der Waals surface area contributed by atoms with Gasteiger partial charge in [0.05, 0.1) is 21.5 Å². The van der Waals surface area contributed by atoms with Gasteiger partial charge in [-0.05, 0) is 24.3 Å². The van der Waals surface area contributed by atoms with Crippen molar-refractivity contribution in [2.75, 3.05) is 0 Å². The second kappa shape index (κ2) is 6.25. The molecule has 1 heterocycles. The van der Waals surface area contributed by atoms with E-state index in [4.69, 9.17) is 0 Å². The first-order chi connectivity index (χ1) is 12.6. The zero-order valence-electron chi connectivity index (χ0n) is 13.6. The van der Waals surface area contributed by atoms with Gasteiger partial charge in [-0.2, -0.15) is 0 Å². The molecule has 6 heteroatoms. The standard InChI is InChI=1S/C20H13N3O3/c24-20-17-8-4-5-9-18(17)21-19(14-6-2-1-3-7-14)22(20)15-10-12-16(13-11-15)23(25)26/h1-13H. The molecule has 0 fully saturated rings. The summed E-state index contributed by atoms with van der Waals surface area (Å²) in [6.07, 6.45) is 0. The lowest BCUT2D eigenvalue weighted by molar-refractivity contribution is -0.384. The summed E-state index contributed by atoms with van der Waals surface area (Å²) in [7, 11) is 0. The highest BCUT2D eigenvalue weighted by Gasteiger charge is 2.15. The van der Waals surface area contributed by atoms with E-state index in [0.717, 1.165) is 5.56 Å². The number of aromatic nitrogens is 2. The molecule has 6 nitrogen and oxygen atoms in total. The van der Waals surface area contributed by atoms with Crippen molar-refractivity contribution in [3.63, 3.8) is 0 Å². The number of nitro benzene ring substituents is 1. The summed E-state index contributed by atoms with van der Waals surface area (Å²) in [5.74, 6) is 0.489. The van der Waals surface area contributed by atoms with Crippen LogP contribution in [0, 0.1) is 10.1 Å². The molecule has 1 aromatic heterocycles. The molecule has 0 unspecified atom stereocenters. The number of hydrogen-bond acceptors (Lipinski definition) is 4. The first kappa shape index (κ1) is 15.7. The smallest absolute Gasteiger partial charge is 0.268 e. The molecule has 0 N–H and O–H groups in total. The number of benzene rings is 3. The Morgan fingerprint density at radius 3 is 2.19 bits per heavy atom. The molecule has 126 valence electrons. The van der Waals surface area contributed by atoms with Crippen molar-refractivity contribution in [3.8, 4) is 17.1 Å². The van der Waals surface area contributed by atoms with Crippen molar-refractivity contribution in [2.45, 2.75) is 0 Å². The van der Waals surface area contributed by atoms with Gasteiger partial charge in [0.15, 0.2) is 0 Å². The fraction of sp³-hybridized carbons (Fsp3) is 0. The molecular formula is C20H13N3O3. The predicted molar refractivity (Wildman–Crippen MR) is 99.4 cm³/mol. The van der Waals surface area contributed by atoms with Gasteiger partial charge < -0.3 is 0 Å². The van der Waals surface area contributed by atoms with Gasteiger partial charge in [-0.15, -0.1) is 0 Å². The van der Waals surface area contributed by atoms with E-state index < -0.39 is 4.92 Å². The van der Waals surface area contributed by atoms with Crippen LogP contribution >= 0.6 is 0 Å². The Morgan fingerprint density at radius 2 is 1.50 bits per heavy atom. The van der Waals surface area contributed by atoms with Gasteiger partial charge in [-0.3, -0.25) is 19.5 Å². The Hall–Kier alpha value is -3.80. The highest BCUT2D eigenvalue weighted by molar-refractivity contribution is 5.80. The summed E-state index contributed by atoms with van der Waals surface area (Å²) in [6, 6.07) is 22.4. The van der Waals surface area contributed by atoms with Crippen LogP contribution in [0.1, 0.15) is 0 Å². The average Bonchev–Trinajstić information content (AvgIpc) is 2.69. The molecular weight excluding hydrogens is 330 g/mol. The van der Waals surface area contributed by atoms with Gasteiger partial charge in [0.2, 0.25) is 0 Å². The van der Waals surface area contributed by atoms with Gasteiger partial charge >= 0.3 is 0 Å². The first-order valence-corrected chi connectivity index (χ1v) is 7.97. The van der Waals surface area contributed by atoms with Crippen LogP contribution in [-0.2, 0) is 0 Å². The number of non-ortho nitro benzene ring substituents is 1. The fourth-order valence-corrected chi connectivity index (χ4v) is 2.88. The molecule has 0 aliphatic rings. The lowest BCUT2D eigenvalue weighted by atomic mass is 10.1. The van der Waals surface area contributed by atoms with Crippen LogP contribution in [0.15, 0.2) is 83.7 Å². The molecule has 0 saturated carbocycles. The van der Waals surface area contributed by atoms with Gasteiger partial charge in [0.1, 0.15) is 5.82 Å². The fourth-order valence-electron chi connectivity index (χ4n) is 2.88. The van der Waals surface area contributed by atoms with E-state index in [0.29, 0.717) is 22.4 Å². The minimum atomic E-state index is -0.469. The quantitative estimate of drug-likeness (QED) is 0.417. The van der Waals surface area contributed by atoms with Gasteiger partial charge in [-0.25, -0.2) is 4.98 Å². The normalized spacial score (nSPS) is 10.8. The largest absolute Gasteiger partial charge is 0.269 e. The lowest BCUT2D eigenvalue weighted by Gasteiger charge is -2.13. The maximum absolute atomic E-state index is 13.1. The highest BCUT2D eigenvalue weighted by Crippen LogP contribution is 2.23. The molecule has 0 spiro atoms. The van der Waals surface area contributed by atoms with E-state index in [-0.39, 0.29) is 11.2 Å². The SMILES string of the molecule is O=c1c2ccccc2nc(-c2ccccc2)n1-c1ccc([N+](=O)[O-])cc1. The van der Waals surface area contributed by atoms with Crippen LogP contribution in [0.2, 0.25) is 0 Å². The van der Waals surface area contributed by atoms with Crippen LogP contribution in [0.4, 0.5) is 5.69 Å². The van der Waals surface area contributed by atoms with E-state index >= 15 is 0 Å². The third-order valence-corrected chi connectivity index (χ3v) is 4.13. The van der Waals surface area contributed by atoms with E-state index in [1.165, 1.54) is 16.7 Å². The zero-order valence-corrected chi connectivity index (χ0v) is 13.6. The summed E-state index contributed by atoms with van der Waals surface area (Å²) in [6.45, 7) is 0. The lowest BCUT2D eigenvalue weighted by Crippen LogP contribution is -2.21. The maximum atomic E-state index is 13.1. The number of nitrogens with zero attached hydrogens (tertiary/aromatic N) is 3. The maximum Gasteiger partial charge on any atom is 0.269 e. The predicted octanol–water partition coefficient (Wildman–Crippen LogP) is 3.96. The summed E-state index contributed by atoms with van der Waals surface area (Å²) >= 11 is 0. The Labute approximate surface area is 148 Å². The first-order valence-electron chi connectivity index (χ1n) is 7.97. The van der Waals surface area contributed by atoms with Crippen LogP contribution < -0.4 is 5.56 Å². The van der Waals surface area contributed by atoms with Crippen molar-refractivity contribution in [2.24, 2.45) is 0 Å². The highest BCUT2D eigenvalue weighted by atomic mass is 16.6. The minimum Gasteiger partial charge on any atom is -0.268 e. The summed E-state index contributed by atoms with van der Waals surface area (Å²) < 4.78 is 1.49. The molecule has 0 bridgehead atoms. The molecule has 0 atom stereocenters. The Kier molecular flexibility index (Phi) is 3.78. The molecule has 26 heavy (non-hydrogen) atoms. The Bertz CT molecular complexity index is 1170. The summed E-state index contributed by atoms with van der Waals surface area (Å²) in [4.78, 5) is 28.2. The molecule has 0 saturated heterocycles. The van der Waals surface area contributed by atoms with Crippen LogP contribution in [0.5, 0.6) is 0 Å². The molecule has 3 aromatic carbocycles. The van der Waals surface area contributed by atoms with Crippen LogP contribution in [0.25, 0.3) is 28.0 Å². The van der Waals surface area contributed by atoms with Crippen molar-refractivity contribution < 1.29 is 4.92 Å². The summed E-state index contributed by atoms with van der Waals surface area (Å²) in [5.41, 5.74) is 1.67. The third kappa shape index (κ3) is 2.63. The molecule has 4 aromatic rings. The van der Waals surface area contributed by atoms with Gasteiger partial charge in [0.25, 0.3) is 11.2 Å². The van der Waals surface area contributed by atoms with Crippen molar-refractivity contribution in [1.29, 1.82) is 0 Å². The van der Waals surface area contributed by atoms with Crippen LogP contribution in [0.3, 0.4) is 0 Å². The Balaban J connectivity index is 2.04. The third-order valence-electron chi connectivity index (χ3n) is 4.13. The average molecular weight is 343 g/mol. The number of rotatable bonds is 3. The topological polar surface area (TPSA) is 78.0 Å². The molecule has 0 aliphatic carbocycles. The zero-order chi connectivity index (χ0) is 18.1. The van der Waals surface area contributed by atoms with Crippen molar-refractivity contribution in [3.05, 3.63) is 99.3 Å². The van der Waals surface area contributed by atoms with Crippen molar-refractivity contribution >= 4 is 16.6 Å². The van der Waals surface area contributed by atoms with Gasteiger partial charge in [-0.1, -0.05) is 42.5 Å². The molecule has 0 radical (unpaired) electrons. The monoisotopic (exact) mass is 343 g/mol. The molecule has 0 amide bonds. The number of para-hydroxylation sites is 1. The van der Waals surface area contributed by atoms with Gasteiger partial charge in [0, 0.05) is 17.7 Å². The van der Waals surface area contributed by atoms with E-state index in [1.54, 1.807) is 30.3 Å². The van der Waals surface area contributed by atoms with E-state index in [2.05, 4.69) is 4.98 Å².